The maximum absolute atomic E-state index is 11.5. The predicted molar refractivity (Wildman–Crippen MR) is 84.7 cm³/mol. The van der Waals surface area contributed by atoms with Gasteiger partial charge in [-0.25, -0.2) is 4.79 Å². The Morgan fingerprint density at radius 1 is 1.41 bits per heavy atom. The molecule has 6 nitrogen and oxygen atoms in total. The number of amides is 1. The van der Waals surface area contributed by atoms with Crippen molar-refractivity contribution in [1.29, 1.82) is 0 Å². The van der Waals surface area contributed by atoms with Crippen LogP contribution in [0.5, 0.6) is 0 Å². The summed E-state index contributed by atoms with van der Waals surface area (Å²) in [7, 11) is 1.68. The van der Waals surface area contributed by atoms with Gasteiger partial charge in [0.1, 0.15) is 11.4 Å². The number of hydrogen-bond donors (Lipinski definition) is 2. The zero-order valence-electron chi connectivity index (χ0n) is 14.0. The predicted octanol–water partition coefficient (Wildman–Crippen LogP) is 2.69. The normalized spacial score (nSPS) is 12.9. The Morgan fingerprint density at radius 2 is 2.18 bits per heavy atom. The second-order valence-corrected chi connectivity index (χ2v) is 6.18. The number of furan rings is 1. The van der Waals surface area contributed by atoms with Gasteiger partial charge in [-0.15, -0.1) is 0 Å². The molecule has 0 fully saturated rings. The molecule has 1 unspecified atom stereocenters. The van der Waals surface area contributed by atoms with Gasteiger partial charge in [-0.2, -0.15) is 0 Å². The van der Waals surface area contributed by atoms with Crippen LogP contribution >= 0.6 is 0 Å². The molecular weight excluding hydrogens is 284 g/mol. The Bertz CT molecular complexity index is 412. The van der Waals surface area contributed by atoms with Crippen LogP contribution < -0.4 is 10.6 Å². The van der Waals surface area contributed by atoms with Crippen LogP contribution in [0.4, 0.5) is 4.79 Å². The molecule has 0 aliphatic heterocycles. The molecule has 0 aliphatic rings. The molecule has 1 amide bonds. The zero-order valence-corrected chi connectivity index (χ0v) is 14.0. The van der Waals surface area contributed by atoms with Gasteiger partial charge >= 0.3 is 6.09 Å². The van der Waals surface area contributed by atoms with Crippen molar-refractivity contribution in [2.45, 2.75) is 51.8 Å². The molecule has 0 saturated heterocycles. The van der Waals surface area contributed by atoms with Crippen LogP contribution in [0.2, 0.25) is 0 Å². The van der Waals surface area contributed by atoms with E-state index >= 15 is 0 Å². The highest BCUT2D eigenvalue weighted by Crippen LogP contribution is 2.07. The van der Waals surface area contributed by atoms with Crippen molar-refractivity contribution in [2.75, 3.05) is 20.3 Å². The highest BCUT2D eigenvalue weighted by molar-refractivity contribution is 5.67. The molecule has 0 saturated carbocycles. The molecule has 0 aliphatic carbocycles. The fourth-order valence-electron chi connectivity index (χ4n) is 1.96. The summed E-state index contributed by atoms with van der Waals surface area (Å²) in [5.74, 6) is 0.896. The highest BCUT2D eigenvalue weighted by Gasteiger charge is 2.15. The van der Waals surface area contributed by atoms with E-state index in [0.29, 0.717) is 19.7 Å². The number of alkyl carbamates (subject to hydrolysis) is 1. The summed E-state index contributed by atoms with van der Waals surface area (Å²) in [5, 5.41) is 6.14. The van der Waals surface area contributed by atoms with Crippen LogP contribution in [0.1, 0.15) is 39.4 Å². The van der Waals surface area contributed by atoms with E-state index in [1.807, 2.05) is 32.9 Å². The van der Waals surface area contributed by atoms with E-state index in [-0.39, 0.29) is 12.1 Å². The molecule has 6 heteroatoms. The lowest BCUT2D eigenvalue weighted by Gasteiger charge is -2.20. The fraction of sp³-hybridized carbons (Fsp3) is 0.688. The maximum atomic E-state index is 11.5. The van der Waals surface area contributed by atoms with Crippen LogP contribution in [0.25, 0.3) is 0 Å². The number of rotatable bonds is 9. The number of carbonyl (C=O) groups excluding carboxylic acids is 1. The van der Waals surface area contributed by atoms with E-state index < -0.39 is 5.60 Å². The average molecular weight is 312 g/mol. The van der Waals surface area contributed by atoms with Crippen LogP contribution in [-0.2, 0) is 16.0 Å². The van der Waals surface area contributed by atoms with E-state index in [4.69, 9.17) is 13.9 Å². The monoisotopic (exact) mass is 312 g/mol. The maximum Gasteiger partial charge on any atom is 0.407 e. The number of nitrogens with one attached hydrogen (secondary N) is 2. The third-order valence-electron chi connectivity index (χ3n) is 2.91. The quantitative estimate of drug-likeness (QED) is 0.686. The first-order valence-electron chi connectivity index (χ1n) is 7.62. The van der Waals surface area contributed by atoms with E-state index in [1.54, 1.807) is 13.4 Å². The van der Waals surface area contributed by atoms with E-state index in [9.17, 15) is 4.79 Å². The lowest BCUT2D eigenvalue weighted by Crippen LogP contribution is -2.35. The topological polar surface area (TPSA) is 72.7 Å². The van der Waals surface area contributed by atoms with Gasteiger partial charge in [0, 0.05) is 19.7 Å². The van der Waals surface area contributed by atoms with E-state index in [1.165, 1.54) is 0 Å². The summed E-state index contributed by atoms with van der Waals surface area (Å²) in [6.07, 6.45) is 3.02. The molecule has 22 heavy (non-hydrogen) atoms. The molecular formula is C16H28N2O4. The molecule has 0 radical (unpaired) electrons. The first-order valence-corrected chi connectivity index (χ1v) is 7.62. The fourth-order valence-corrected chi connectivity index (χ4v) is 1.96. The van der Waals surface area contributed by atoms with Crippen molar-refractivity contribution in [1.82, 2.24) is 10.6 Å². The van der Waals surface area contributed by atoms with Crippen molar-refractivity contribution >= 4 is 6.09 Å². The van der Waals surface area contributed by atoms with Gasteiger partial charge in [-0.3, -0.25) is 0 Å². The van der Waals surface area contributed by atoms with Crippen LogP contribution in [0, 0.1) is 0 Å². The molecule has 1 aromatic heterocycles. The standard InChI is InChI=1S/C16H28N2O4/c1-16(2,3)22-15(19)17-9-5-7-13(12-20-4)18-11-14-8-6-10-21-14/h6,8,10,13,18H,5,7,9,11-12H2,1-4H3,(H,17,19). The largest absolute Gasteiger partial charge is 0.468 e. The molecule has 1 aromatic rings. The zero-order chi connectivity index (χ0) is 16.4. The Balaban J connectivity index is 2.19. The molecule has 0 aromatic carbocycles. The molecule has 126 valence electrons. The summed E-state index contributed by atoms with van der Waals surface area (Å²) in [6, 6.07) is 4.02. The Labute approximate surface area is 132 Å². The van der Waals surface area contributed by atoms with Crippen molar-refractivity contribution in [2.24, 2.45) is 0 Å². The van der Waals surface area contributed by atoms with Crippen LogP contribution in [0.3, 0.4) is 0 Å². The van der Waals surface area contributed by atoms with E-state index in [0.717, 1.165) is 18.6 Å². The molecule has 2 N–H and O–H groups in total. The summed E-state index contributed by atoms with van der Waals surface area (Å²) in [4.78, 5) is 11.5. The lowest BCUT2D eigenvalue weighted by atomic mass is 10.1. The van der Waals surface area contributed by atoms with Crippen molar-refractivity contribution in [3.05, 3.63) is 24.2 Å². The first kappa shape index (κ1) is 18.5. The SMILES string of the molecule is COCC(CCCNC(=O)OC(C)(C)C)NCc1ccco1. The Kier molecular flexibility index (Phi) is 7.98. The minimum Gasteiger partial charge on any atom is -0.468 e. The van der Waals surface area contributed by atoms with Gasteiger partial charge in [-0.1, -0.05) is 0 Å². The first-order chi connectivity index (χ1) is 10.4. The van der Waals surface area contributed by atoms with Crippen LogP contribution in [0.15, 0.2) is 22.8 Å². The average Bonchev–Trinajstić information content (AvgIpc) is 2.92. The minimum atomic E-state index is -0.465. The molecule has 0 bridgehead atoms. The number of hydrogen-bond acceptors (Lipinski definition) is 5. The Morgan fingerprint density at radius 3 is 2.77 bits per heavy atom. The van der Waals surface area contributed by atoms with Crippen LogP contribution in [-0.4, -0.2) is 38.0 Å². The highest BCUT2D eigenvalue weighted by atomic mass is 16.6. The second kappa shape index (κ2) is 9.48. The molecule has 1 heterocycles. The summed E-state index contributed by atoms with van der Waals surface area (Å²) in [5.41, 5.74) is -0.465. The van der Waals surface area contributed by atoms with Gasteiger partial charge in [0.05, 0.1) is 19.4 Å². The van der Waals surface area contributed by atoms with Gasteiger partial charge in [0.2, 0.25) is 0 Å². The van der Waals surface area contributed by atoms with Crippen molar-refractivity contribution < 1.29 is 18.7 Å². The second-order valence-electron chi connectivity index (χ2n) is 6.18. The molecule has 1 rings (SSSR count). The third kappa shape index (κ3) is 8.69. The number of ether oxygens (including phenoxy) is 2. The smallest absolute Gasteiger partial charge is 0.407 e. The summed E-state index contributed by atoms with van der Waals surface area (Å²) in [6.45, 7) is 7.41. The third-order valence-corrected chi connectivity index (χ3v) is 2.91. The lowest BCUT2D eigenvalue weighted by molar-refractivity contribution is 0.0526. The van der Waals surface area contributed by atoms with Crippen molar-refractivity contribution in [3.63, 3.8) is 0 Å². The minimum absolute atomic E-state index is 0.218. The molecule has 0 spiro atoms. The van der Waals surface area contributed by atoms with E-state index in [2.05, 4.69) is 10.6 Å². The van der Waals surface area contributed by atoms with Gasteiger partial charge in [0.25, 0.3) is 0 Å². The molecule has 1 atom stereocenters. The Hall–Kier alpha value is -1.53. The van der Waals surface area contributed by atoms with Crippen molar-refractivity contribution in [3.8, 4) is 0 Å². The van der Waals surface area contributed by atoms with Gasteiger partial charge < -0.3 is 24.5 Å². The number of methoxy groups -OCH3 is 1. The summed E-state index contributed by atoms with van der Waals surface area (Å²) < 4.78 is 15.7. The van der Waals surface area contributed by atoms with Gasteiger partial charge in [-0.05, 0) is 45.7 Å². The summed E-state index contributed by atoms with van der Waals surface area (Å²) >= 11 is 0. The number of carbonyl (C=O) groups is 1. The van der Waals surface area contributed by atoms with Gasteiger partial charge in [0.15, 0.2) is 0 Å².